The molecule has 0 radical (unpaired) electrons. The van der Waals surface area contributed by atoms with Gasteiger partial charge in [-0.05, 0) is 42.6 Å². The first-order chi connectivity index (χ1) is 16.5. The van der Waals surface area contributed by atoms with E-state index in [1.54, 1.807) is 30.6 Å². The average Bonchev–Trinajstić information content (AvgIpc) is 3.33. The van der Waals surface area contributed by atoms with Gasteiger partial charge in [-0.3, -0.25) is 14.4 Å². The average molecular weight is 571 g/mol. The summed E-state index contributed by atoms with van der Waals surface area (Å²) >= 11 is 13.2. The van der Waals surface area contributed by atoms with E-state index in [1.807, 2.05) is 0 Å². The second kappa shape index (κ2) is 9.99. The monoisotopic (exact) mass is 570 g/mol. The van der Waals surface area contributed by atoms with Gasteiger partial charge in [0.15, 0.2) is 0 Å². The summed E-state index contributed by atoms with van der Waals surface area (Å²) in [6.45, 7) is 1.74. The molecule has 14 heteroatoms. The van der Waals surface area contributed by atoms with Gasteiger partial charge in [0.25, 0.3) is 20.0 Å². The van der Waals surface area contributed by atoms with Crippen molar-refractivity contribution in [2.45, 2.75) is 16.0 Å². The summed E-state index contributed by atoms with van der Waals surface area (Å²) in [7, 11) is -8.19. The van der Waals surface area contributed by atoms with Crippen LogP contribution in [0.1, 0.15) is 5.69 Å². The van der Waals surface area contributed by atoms with Gasteiger partial charge in [-0.1, -0.05) is 35.3 Å². The molecule has 0 spiro atoms. The zero-order valence-electron chi connectivity index (χ0n) is 17.8. The third-order valence-corrected chi connectivity index (χ3v) is 9.23. The Labute approximate surface area is 215 Å². The lowest BCUT2D eigenvalue weighted by atomic mass is 10.3. The van der Waals surface area contributed by atoms with E-state index in [2.05, 4.69) is 19.4 Å². The number of anilines is 2. The molecular formula is C21H16Cl2N4O5S3. The molecule has 0 amide bonds. The molecular weight excluding hydrogens is 555 g/mol. The molecule has 182 valence electrons. The van der Waals surface area contributed by atoms with Crippen molar-refractivity contribution in [3.8, 4) is 11.6 Å². The lowest BCUT2D eigenvalue weighted by Crippen LogP contribution is -2.17. The van der Waals surface area contributed by atoms with Crippen molar-refractivity contribution in [2.75, 3.05) is 9.44 Å². The van der Waals surface area contributed by atoms with Gasteiger partial charge in [0, 0.05) is 12.3 Å². The summed E-state index contributed by atoms with van der Waals surface area (Å²) in [5.74, 6) is 0.405. The molecule has 2 aromatic carbocycles. The first-order valence-corrected chi connectivity index (χ1v) is 14.3. The fourth-order valence-electron chi connectivity index (χ4n) is 2.85. The molecule has 35 heavy (non-hydrogen) atoms. The number of aryl methyl sites for hydroxylation is 1. The van der Waals surface area contributed by atoms with Gasteiger partial charge in [0.2, 0.25) is 5.88 Å². The topological polar surface area (TPSA) is 127 Å². The van der Waals surface area contributed by atoms with Crippen LogP contribution < -0.4 is 14.2 Å². The Hall–Kier alpha value is -2.90. The molecule has 2 aromatic heterocycles. The minimum absolute atomic E-state index is 0.0264. The molecule has 0 fully saturated rings. The van der Waals surface area contributed by atoms with Gasteiger partial charge >= 0.3 is 0 Å². The van der Waals surface area contributed by atoms with E-state index in [0.717, 1.165) is 11.3 Å². The fourth-order valence-corrected chi connectivity index (χ4v) is 6.34. The largest absolute Gasteiger partial charge is 0.437 e. The molecule has 0 saturated heterocycles. The molecule has 0 saturated carbocycles. The number of benzene rings is 2. The van der Waals surface area contributed by atoms with Crippen LogP contribution in [0.2, 0.25) is 10.0 Å². The van der Waals surface area contributed by atoms with Crippen molar-refractivity contribution < 1.29 is 21.6 Å². The SMILES string of the molecule is Cc1cncc(Oc2cccc(S(=O)(=O)Nc3cc(Cl)c(Cl)cc3NS(=O)(=O)c3cccs3)c2)n1. The van der Waals surface area contributed by atoms with Crippen LogP contribution in [0.25, 0.3) is 0 Å². The maximum Gasteiger partial charge on any atom is 0.271 e. The van der Waals surface area contributed by atoms with Crippen LogP contribution in [-0.2, 0) is 20.0 Å². The van der Waals surface area contributed by atoms with Crippen molar-refractivity contribution in [3.63, 3.8) is 0 Å². The highest BCUT2D eigenvalue weighted by Gasteiger charge is 2.22. The predicted molar refractivity (Wildman–Crippen MR) is 136 cm³/mol. The van der Waals surface area contributed by atoms with Gasteiger partial charge in [-0.2, -0.15) is 0 Å². The molecule has 4 rings (SSSR count). The summed E-state index contributed by atoms with van der Waals surface area (Å²) in [6, 6.07) is 11.1. The van der Waals surface area contributed by atoms with Crippen LogP contribution in [0.15, 0.2) is 75.4 Å². The van der Waals surface area contributed by atoms with E-state index in [9.17, 15) is 16.8 Å². The van der Waals surface area contributed by atoms with Crippen LogP contribution in [0, 0.1) is 6.92 Å². The first kappa shape index (κ1) is 25.2. The summed E-state index contributed by atoms with van der Waals surface area (Å²) in [6.07, 6.45) is 2.95. The van der Waals surface area contributed by atoms with Gasteiger partial charge in [0.05, 0.1) is 38.2 Å². The molecule has 2 N–H and O–H groups in total. The molecule has 4 aromatic rings. The third kappa shape index (κ3) is 6.03. The Morgan fingerprint density at radius 3 is 2.20 bits per heavy atom. The predicted octanol–water partition coefficient (Wildman–Crippen LogP) is 5.55. The highest BCUT2D eigenvalue weighted by atomic mass is 35.5. The Morgan fingerprint density at radius 1 is 0.886 bits per heavy atom. The molecule has 9 nitrogen and oxygen atoms in total. The summed E-state index contributed by atoms with van der Waals surface area (Å²) in [5.41, 5.74) is 0.416. The smallest absolute Gasteiger partial charge is 0.271 e. The molecule has 0 aliphatic heterocycles. The Morgan fingerprint density at radius 2 is 1.57 bits per heavy atom. The van der Waals surface area contributed by atoms with Gasteiger partial charge < -0.3 is 4.74 Å². The molecule has 0 aliphatic rings. The van der Waals surface area contributed by atoms with E-state index in [1.165, 1.54) is 42.6 Å². The van der Waals surface area contributed by atoms with Gasteiger partial charge in [-0.25, -0.2) is 21.8 Å². The number of hydrogen-bond donors (Lipinski definition) is 2. The highest BCUT2D eigenvalue weighted by Crippen LogP contribution is 2.36. The minimum Gasteiger partial charge on any atom is -0.437 e. The molecule has 2 heterocycles. The van der Waals surface area contributed by atoms with Crippen LogP contribution in [0.5, 0.6) is 11.6 Å². The van der Waals surface area contributed by atoms with E-state index < -0.39 is 20.0 Å². The first-order valence-electron chi connectivity index (χ1n) is 9.68. The van der Waals surface area contributed by atoms with E-state index >= 15 is 0 Å². The van der Waals surface area contributed by atoms with E-state index in [0.29, 0.717) is 5.69 Å². The van der Waals surface area contributed by atoms with Gasteiger partial charge in [0.1, 0.15) is 9.96 Å². The maximum atomic E-state index is 13.2. The Balaban J connectivity index is 1.65. The third-order valence-electron chi connectivity index (χ3n) is 4.38. The summed E-state index contributed by atoms with van der Waals surface area (Å²) in [5, 5.41) is 1.66. The molecule has 0 bridgehead atoms. The van der Waals surface area contributed by atoms with E-state index in [4.69, 9.17) is 27.9 Å². The van der Waals surface area contributed by atoms with Crippen LogP contribution in [-0.4, -0.2) is 26.8 Å². The zero-order chi connectivity index (χ0) is 25.2. The minimum atomic E-state index is -4.20. The van der Waals surface area contributed by atoms with Crippen molar-refractivity contribution in [2.24, 2.45) is 0 Å². The van der Waals surface area contributed by atoms with Crippen LogP contribution in [0.4, 0.5) is 11.4 Å². The molecule has 0 aliphatic carbocycles. The van der Waals surface area contributed by atoms with Crippen LogP contribution >= 0.6 is 34.5 Å². The number of ether oxygens (including phenoxy) is 1. The second-order valence-electron chi connectivity index (χ2n) is 7.03. The lowest BCUT2D eigenvalue weighted by molar-refractivity contribution is 0.457. The maximum absolute atomic E-state index is 13.2. The quantitative estimate of drug-likeness (QED) is 0.284. The van der Waals surface area contributed by atoms with Crippen LogP contribution in [0.3, 0.4) is 0 Å². The summed E-state index contributed by atoms with van der Waals surface area (Å²) < 4.78 is 62.1. The van der Waals surface area contributed by atoms with Crippen molar-refractivity contribution in [1.82, 2.24) is 9.97 Å². The summed E-state index contributed by atoms with van der Waals surface area (Å²) in [4.78, 5) is 8.01. The fraction of sp³-hybridized carbons (Fsp3) is 0.0476. The molecule has 0 atom stereocenters. The Bertz CT molecular complexity index is 1600. The van der Waals surface area contributed by atoms with Crippen molar-refractivity contribution in [3.05, 3.63) is 82.0 Å². The lowest BCUT2D eigenvalue weighted by Gasteiger charge is -2.16. The second-order valence-corrected chi connectivity index (χ2v) is 12.4. The number of thiophene rings is 1. The molecule has 0 unspecified atom stereocenters. The number of sulfonamides is 2. The zero-order valence-corrected chi connectivity index (χ0v) is 21.7. The van der Waals surface area contributed by atoms with Crippen molar-refractivity contribution >= 4 is 66.0 Å². The number of nitrogens with one attached hydrogen (secondary N) is 2. The number of rotatable bonds is 8. The number of hydrogen-bond acceptors (Lipinski definition) is 8. The standard InChI is InChI=1S/C21H16Cl2N4O5S3/c1-13-11-24-12-20(25-13)32-14-4-2-5-15(8-14)34(28,29)26-18-9-16(22)17(23)10-19(18)27-35(30,31)21-6-3-7-33-21/h2-12,26-27H,1H3. The number of aromatic nitrogens is 2. The normalized spacial score (nSPS) is 11.7. The number of nitrogens with zero attached hydrogens (tertiary/aromatic N) is 2. The van der Waals surface area contributed by atoms with Gasteiger partial charge in [-0.15, -0.1) is 11.3 Å². The number of halogens is 2. The van der Waals surface area contributed by atoms with E-state index in [-0.39, 0.29) is 42.2 Å². The van der Waals surface area contributed by atoms with Crippen molar-refractivity contribution in [1.29, 1.82) is 0 Å². The Kier molecular flexibility index (Phi) is 7.20. The highest BCUT2D eigenvalue weighted by molar-refractivity contribution is 7.94.